The molecule has 14 heavy (non-hydrogen) atoms. The van der Waals surface area contributed by atoms with Gasteiger partial charge in [-0.25, -0.2) is 8.78 Å². The van der Waals surface area contributed by atoms with Gasteiger partial charge in [-0.2, -0.15) is 0 Å². The van der Waals surface area contributed by atoms with E-state index in [0.717, 1.165) is 24.0 Å². The Labute approximate surface area is 80.4 Å². The molecule has 1 nitrogen and oxygen atoms in total. The van der Waals surface area contributed by atoms with Crippen LogP contribution in [0.5, 0.6) is 0 Å². The van der Waals surface area contributed by atoms with Crippen LogP contribution in [0.25, 0.3) is 0 Å². The summed E-state index contributed by atoms with van der Waals surface area (Å²) in [5.41, 5.74) is 1.36. The monoisotopic (exact) mass is 196 g/mol. The van der Waals surface area contributed by atoms with Gasteiger partial charge in [0.2, 0.25) is 0 Å². The number of fused-ring (bicyclic) bond motifs is 2. The number of aliphatic hydroxyl groups excluding tert-OH is 1. The van der Waals surface area contributed by atoms with Gasteiger partial charge in [-0.3, -0.25) is 0 Å². The summed E-state index contributed by atoms with van der Waals surface area (Å²) in [6.07, 6.45) is 1.81. The maximum Gasteiger partial charge on any atom is 0.159 e. The van der Waals surface area contributed by atoms with Crippen molar-refractivity contribution in [1.29, 1.82) is 0 Å². The summed E-state index contributed by atoms with van der Waals surface area (Å²) in [6.45, 7) is 0. The van der Waals surface area contributed by atoms with Crippen molar-refractivity contribution in [3.63, 3.8) is 0 Å². The van der Waals surface area contributed by atoms with Gasteiger partial charge < -0.3 is 5.11 Å². The molecule has 0 heterocycles. The van der Waals surface area contributed by atoms with Crippen LogP contribution in [0.2, 0.25) is 0 Å². The van der Waals surface area contributed by atoms with Crippen molar-refractivity contribution in [3.05, 3.63) is 34.9 Å². The van der Waals surface area contributed by atoms with E-state index in [1.807, 2.05) is 0 Å². The second-order valence-corrected chi connectivity index (χ2v) is 4.30. The molecule has 0 radical (unpaired) electrons. The van der Waals surface area contributed by atoms with Crippen molar-refractivity contribution in [3.8, 4) is 0 Å². The number of hydrogen-bond donors (Lipinski definition) is 1. The summed E-state index contributed by atoms with van der Waals surface area (Å²) >= 11 is 0. The van der Waals surface area contributed by atoms with E-state index in [-0.39, 0.29) is 5.41 Å². The lowest BCUT2D eigenvalue weighted by Gasteiger charge is -2.12. The first kappa shape index (κ1) is 8.36. The molecule has 1 unspecified atom stereocenters. The number of benzene rings is 1. The Morgan fingerprint density at radius 1 is 1.21 bits per heavy atom. The second kappa shape index (κ2) is 2.34. The highest BCUT2D eigenvalue weighted by molar-refractivity contribution is 5.46. The minimum absolute atomic E-state index is 0.232. The van der Waals surface area contributed by atoms with E-state index in [9.17, 15) is 13.9 Å². The SMILES string of the molecule is OC1Cc2cc(F)c(F)cc2C12CC2. The third-order valence-corrected chi connectivity index (χ3v) is 3.52. The zero-order chi connectivity index (χ0) is 9.92. The molecule has 1 atom stereocenters. The van der Waals surface area contributed by atoms with Crippen molar-refractivity contribution in [2.45, 2.75) is 30.8 Å². The van der Waals surface area contributed by atoms with Gasteiger partial charge in [0.25, 0.3) is 0 Å². The Morgan fingerprint density at radius 2 is 1.86 bits per heavy atom. The predicted molar refractivity (Wildman–Crippen MR) is 47.0 cm³/mol. The molecule has 74 valence electrons. The quantitative estimate of drug-likeness (QED) is 0.672. The lowest BCUT2D eigenvalue weighted by Crippen LogP contribution is -2.20. The van der Waals surface area contributed by atoms with Crippen LogP contribution >= 0.6 is 0 Å². The highest BCUT2D eigenvalue weighted by Gasteiger charge is 2.55. The van der Waals surface area contributed by atoms with Crippen LogP contribution in [-0.4, -0.2) is 11.2 Å². The third-order valence-electron chi connectivity index (χ3n) is 3.52. The van der Waals surface area contributed by atoms with Crippen LogP contribution in [0.3, 0.4) is 0 Å². The van der Waals surface area contributed by atoms with Crippen molar-refractivity contribution < 1.29 is 13.9 Å². The first-order valence-electron chi connectivity index (χ1n) is 4.80. The lowest BCUT2D eigenvalue weighted by molar-refractivity contribution is 0.146. The maximum absolute atomic E-state index is 13.0. The van der Waals surface area contributed by atoms with E-state index in [1.54, 1.807) is 0 Å². The number of hydrogen-bond acceptors (Lipinski definition) is 1. The molecule has 2 aliphatic carbocycles. The average Bonchev–Trinajstić information content (AvgIpc) is 2.87. The van der Waals surface area contributed by atoms with Crippen LogP contribution in [0.4, 0.5) is 8.78 Å². The molecule has 1 saturated carbocycles. The Hall–Kier alpha value is -0.960. The summed E-state index contributed by atoms with van der Waals surface area (Å²) in [5.74, 6) is -1.61. The normalized spacial score (nSPS) is 26.6. The summed E-state index contributed by atoms with van der Waals surface area (Å²) < 4.78 is 25.9. The lowest BCUT2D eigenvalue weighted by atomic mass is 9.97. The molecule has 3 heteroatoms. The van der Waals surface area contributed by atoms with Gasteiger partial charge in [-0.05, 0) is 42.5 Å². The van der Waals surface area contributed by atoms with E-state index in [2.05, 4.69) is 0 Å². The van der Waals surface area contributed by atoms with Gasteiger partial charge in [0.05, 0.1) is 6.10 Å². The Bertz CT molecular complexity index is 410. The molecule has 0 saturated heterocycles. The fourth-order valence-corrected chi connectivity index (χ4v) is 2.54. The van der Waals surface area contributed by atoms with Gasteiger partial charge in [0, 0.05) is 5.41 Å². The molecule has 1 aromatic rings. The number of rotatable bonds is 0. The molecule has 1 aromatic carbocycles. The molecule has 0 bridgehead atoms. The van der Waals surface area contributed by atoms with Crippen LogP contribution in [-0.2, 0) is 11.8 Å². The van der Waals surface area contributed by atoms with Crippen molar-refractivity contribution in [1.82, 2.24) is 0 Å². The van der Waals surface area contributed by atoms with Gasteiger partial charge in [0.15, 0.2) is 11.6 Å². The van der Waals surface area contributed by atoms with Crippen molar-refractivity contribution in [2.24, 2.45) is 0 Å². The Morgan fingerprint density at radius 3 is 2.50 bits per heavy atom. The third kappa shape index (κ3) is 0.857. The van der Waals surface area contributed by atoms with Gasteiger partial charge in [-0.1, -0.05) is 0 Å². The highest BCUT2D eigenvalue weighted by Crippen LogP contribution is 2.56. The second-order valence-electron chi connectivity index (χ2n) is 4.30. The van der Waals surface area contributed by atoms with E-state index in [1.165, 1.54) is 12.1 Å². The zero-order valence-electron chi connectivity index (χ0n) is 7.56. The molecular formula is C11H10F2O. The summed E-state index contributed by atoms with van der Waals surface area (Å²) in [5, 5.41) is 9.78. The number of halogens is 2. The van der Waals surface area contributed by atoms with E-state index < -0.39 is 17.7 Å². The summed E-state index contributed by atoms with van der Waals surface area (Å²) in [6, 6.07) is 2.48. The van der Waals surface area contributed by atoms with E-state index in [0.29, 0.717) is 6.42 Å². The first-order valence-corrected chi connectivity index (χ1v) is 4.80. The smallest absolute Gasteiger partial charge is 0.159 e. The largest absolute Gasteiger partial charge is 0.392 e. The van der Waals surface area contributed by atoms with Gasteiger partial charge in [-0.15, -0.1) is 0 Å². The molecule has 1 fully saturated rings. The molecule has 1 N–H and O–H groups in total. The van der Waals surface area contributed by atoms with Crippen molar-refractivity contribution in [2.75, 3.05) is 0 Å². The molecule has 0 amide bonds. The minimum Gasteiger partial charge on any atom is -0.392 e. The topological polar surface area (TPSA) is 20.2 Å². The van der Waals surface area contributed by atoms with Crippen LogP contribution in [0.1, 0.15) is 24.0 Å². The fraction of sp³-hybridized carbons (Fsp3) is 0.455. The summed E-state index contributed by atoms with van der Waals surface area (Å²) in [7, 11) is 0. The van der Waals surface area contributed by atoms with Gasteiger partial charge in [0.1, 0.15) is 0 Å². The van der Waals surface area contributed by atoms with Crippen molar-refractivity contribution >= 4 is 0 Å². The van der Waals surface area contributed by atoms with E-state index >= 15 is 0 Å². The van der Waals surface area contributed by atoms with Crippen LogP contribution in [0.15, 0.2) is 12.1 Å². The molecular weight excluding hydrogens is 186 g/mol. The first-order chi connectivity index (χ1) is 6.63. The molecule has 3 rings (SSSR count). The maximum atomic E-state index is 13.0. The molecule has 0 aromatic heterocycles. The fourth-order valence-electron chi connectivity index (χ4n) is 2.54. The molecule has 0 aliphatic heterocycles. The standard InChI is InChI=1S/C11H10F2O/c12-8-3-6-4-10(14)11(1-2-11)7(6)5-9(8)13/h3,5,10,14H,1-2,4H2. The molecule has 2 aliphatic rings. The predicted octanol–water partition coefficient (Wildman–Crippen LogP) is 1.91. The van der Waals surface area contributed by atoms with E-state index in [4.69, 9.17) is 0 Å². The number of aliphatic hydroxyl groups is 1. The Balaban J connectivity index is 2.20. The average molecular weight is 196 g/mol. The zero-order valence-corrected chi connectivity index (χ0v) is 7.56. The van der Waals surface area contributed by atoms with Gasteiger partial charge >= 0.3 is 0 Å². The highest BCUT2D eigenvalue weighted by atomic mass is 19.2. The molecule has 1 spiro atoms. The van der Waals surface area contributed by atoms with Crippen LogP contribution in [0, 0.1) is 11.6 Å². The Kier molecular flexibility index (Phi) is 1.40. The summed E-state index contributed by atoms with van der Waals surface area (Å²) in [4.78, 5) is 0. The minimum atomic E-state index is -0.811. The van der Waals surface area contributed by atoms with Crippen LogP contribution < -0.4 is 0 Å².